The number of hydrogen-bond acceptors (Lipinski definition) is 5. The van der Waals surface area contributed by atoms with Crippen LogP contribution in [-0.4, -0.2) is 35.5 Å². The van der Waals surface area contributed by atoms with Crippen molar-refractivity contribution in [3.63, 3.8) is 0 Å². The number of thiophene rings is 1. The van der Waals surface area contributed by atoms with Gasteiger partial charge in [0.15, 0.2) is 6.04 Å². The predicted molar refractivity (Wildman–Crippen MR) is 72.5 cm³/mol. The van der Waals surface area contributed by atoms with Gasteiger partial charge in [0.1, 0.15) is 0 Å². The Labute approximate surface area is 116 Å². The molecule has 1 atom stereocenters. The molecule has 1 amide bonds. The zero-order valence-corrected chi connectivity index (χ0v) is 11.7. The summed E-state index contributed by atoms with van der Waals surface area (Å²) in [5.74, 6) is -0.987. The minimum absolute atomic E-state index is 0.218. The maximum atomic E-state index is 12.3. The Morgan fingerprint density at radius 1 is 1.58 bits per heavy atom. The summed E-state index contributed by atoms with van der Waals surface area (Å²) >= 11 is 1.59. The van der Waals surface area contributed by atoms with E-state index < -0.39 is 12.0 Å². The fraction of sp³-hybridized carbons (Fsp3) is 0.538. The fourth-order valence-electron chi connectivity index (χ4n) is 1.86. The zero-order chi connectivity index (χ0) is 13.8. The lowest BCUT2D eigenvalue weighted by Crippen LogP contribution is -2.49. The second-order valence-electron chi connectivity index (χ2n) is 4.51. The summed E-state index contributed by atoms with van der Waals surface area (Å²) in [6, 6.07) is 2.93. The number of ether oxygens (including phenoxy) is 1. The maximum Gasteiger partial charge on any atom is 0.332 e. The van der Waals surface area contributed by atoms with Crippen molar-refractivity contribution < 1.29 is 14.3 Å². The Morgan fingerprint density at radius 3 is 2.84 bits per heavy atom. The number of nitrogens with zero attached hydrogens (tertiary/aromatic N) is 1. The summed E-state index contributed by atoms with van der Waals surface area (Å²) < 4.78 is 4.80. The normalized spacial score (nSPS) is 15.9. The van der Waals surface area contributed by atoms with E-state index in [0.29, 0.717) is 6.54 Å². The molecule has 1 unspecified atom stereocenters. The highest BCUT2D eigenvalue weighted by Gasteiger charge is 2.37. The van der Waals surface area contributed by atoms with Gasteiger partial charge in [-0.1, -0.05) is 6.07 Å². The van der Waals surface area contributed by atoms with Crippen LogP contribution in [0.1, 0.15) is 24.6 Å². The maximum absolute atomic E-state index is 12.3. The van der Waals surface area contributed by atoms with E-state index in [9.17, 15) is 9.59 Å². The summed E-state index contributed by atoms with van der Waals surface area (Å²) in [4.78, 5) is 26.6. The van der Waals surface area contributed by atoms with Gasteiger partial charge in [-0.25, -0.2) is 4.79 Å². The number of carbonyl (C=O) groups is 2. The molecule has 0 spiro atoms. The fourth-order valence-corrected chi connectivity index (χ4v) is 2.56. The SMILES string of the molecule is CCOC(=O)C(N)C(=O)N(Cc1cccs1)C1CC1. The molecule has 1 aliphatic carbocycles. The summed E-state index contributed by atoms with van der Waals surface area (Å²) in [6.45, 7) is 2.45. The van der Waals surface area contributed by atoms with E-state index in [2.05, 4.69) is 0 Å². The van der Waals surface area contributed by atoms with Gasteiger partial charge in [0, 0.05) is 10.9 Å². The minimum Gasteiger partial charge on any atom is -0.464 e. The van der Waals surface area contributed by atoms with Crippen LogP contribution >= 0.6 is 11.3 Å². The van der Waals surface area contributed by atoms with Gasteiger partial charge in [0.25, 0.3) is 5.91 Å². The molecule has 2 rings (SSSR count). The van der Waals surface area contributed by atoms with E-state index in [-0.39, 0.29) is 18.6 Å². The number of amides is 1. The molecular formula is C13H18N2O3S. The molecule has 1 saturated carbocycles. The molecule has 1 aromatic rings. The molecule has 0 bridgehead atoms. The van der Waals surface area contributed by atoms with Gasteiger partial charge in [-0.05, 0) is 31.2 Å². The lowest BCUT2D eigenvalue weighted by Gasteiger charge is -2.24. The van der Waals surface area contributed by atoms with E-state index in [0.717, 1.165) is 17.7 Å². The van der Waals surface area contributed by atoms with Crippen LogP contribution in [0, 0.1) is 0 Å². The van der Waals surface area contributed by atoms with Crippen molar-refractivity contribution in [1.29, 1.82) is 0 Å². The Balaban J connectivity index is 2.02. The van der Waals surface area contributed by atoms with E-state index >= 15 is 0 Å². The van der Waals surface area contributed by atoms with E-state index in [4.69, 9.17) is 10.5 Å². The highest BCUT2D eigenvalue weighted by atomic mass is 32.1. The molecule has 1 aliphatic rings. The van der Waals surface area contributed by atoms with Crippen molar-refractivity contribution in [2.24, 2.45) is 5.73 Å². The van der Waals surface area contributed by atoms with Crippen LogP contribution in [0.4, 0.5) is 0 Å². The number of esters is 1. The average molecular weight is 282 g/mol. The van der Waals surface area contributed by atoms with Crippen molar-refractivity contribution in [3.8, 4) is 0 Å². The summed E-state index contributed by atoms with van der Waals surface area (Å²) in [6.07, 6.45) is 1.96. The highest BCUT2D eigenvalue weighted by molar-refractivity contribution is 7.09. The molecule has 0 aromatic carbocycles. The third-order valence-electron chi connectivity index (χ3n) is 2.98. The van der Waals surface area contributed by atoms with Crippen LogP contribution in [-0.2, 0) is 20.9 Å². The van der Waals surface area contributed by atoms with Crippen molar-refractivity contribution in [1.82, 2.24) is 4.90 Å². The Hall–Kier alpha value is -1.40. The van der Waals surface area contributed by atoms with Gasteiger partial charge in [-0.2, -0.15) is 0 Å². The summed E-state index contributed by atoms with van der Waals surface area (Å²) in [7, 11) is 0. The Bertz CT molecular complexity index is 443. The number of carbonyl (C=O) groups excluding carboxylic acids is 2. The average Bonchev–Trinajstić information content (AvgIpc) is 3.11. The molecule has 0 radical (unpaired) electrons. The molecule has 2 N–H and O–H groups in total. The molecular weight excluding hydrogens is 264 g/mol. The molecule has 0 aliphatic heterocycles. The van der Waals surface area contributed by atoms with Crippen LogP contribution in [0.25, 0.3) is 0 Å². The number of nitrogens with two attached hydrogens (primary N) is 1. The van der Waals surface area contributed by atoms with Gasteiger partial charge >= 0.3 is 5.97 Å². The standard InChI is InChI=1S/C13H18N2O3S/c1-2-18-13(17)11(14)12(16)15(9-5-6-9)8-10-4-3-7-19-10/h3-4,7,9,11H,2,5-6,8,14H2,1H3. The van der Waals surface area contributed by atoms with Gasteiger partial charge < -0.3 is 15.4 Å². The molecule has 1 heterocycles. The monoisotopic (exact) mass is 282 g/mol. The van der Waals surface area contributed by atoms with Crippen LogP contribution in [0.2, 0.25) is 0 Å². The molecule has 19 heavy (non-hydrogen) atoms. The van der Waals surface area contributed by atoms with Crippen molar-refractivity contribution in [2.45, 2.75) is 38.4 Å². The van der Waals surface area contributed by atoms with Crippen molar-refractivity contribution in [2.75, 3.05) is 6.61 Å². The predicted octanol–water partition coefficient (Wildman–Crippen LogP) is 1.13. The zero-order valence-electron chi connectivity index (χ0n) is 10.9. The summed E-state index contributed by atoms with van der Waals surface area (Å²) in [5, 5.41) is 1.97. The second-order valence-corrected chi connectivity index (χ2v) is 5.54. The first-order valence-electron chi connectivity index (χ1n) is 6.38. The number of hydrogen-bond donors (Lipinski definition) is 1. The highest BCUT2D eigenvalue weighted by Crippen LogP contribution is 2.29. The van der Waals surface area contributed by atoms with E-state index in [1.807, 2.05) is 17.5 Å². The van der Waals surface area contributed by atoms with Crippen LogP contribution in [0.3, 0.4) is 0 Å². The first kappa shape index (κ1) is 14.0. The molecule has 1 fully saturated rings. The second kappa shape index (κ2) is 6.16. The summed E-state index contributed by atoms with van der Waals surface area (Å²) in [5.41, 5.74) is 5.68. The van der Waals surface area contributed by atoms with E-state index in [1.165, 1.54) is 0 Å². The van der Waals surface area contributed by atoms with Gasteiger partial charge in [-0.15, -0.1) is 11.3 Å². The molecule has 1 aromatic heterocycles. The molecule has 5 nitrogen and oxygen atoms in total. The Kier molecular flexibility index (Phi) is 4.55. The molecule has 0 saturated heterocycles. The van der Waals surface area contributed by atoms with Crippen LogP contribution in [0.5, 0.6) is 0 Å². The van der Waals surface area contributed by atoms with Crippen LogP contribution < -0.4 is 5.73 Å². The third kappa shape index (κ3) is 3.54. The smallest absolute Gasteiger partial charge is 0.332 e. The van der Waals surface area contributed by atoms with Crippen molar-refractivity contribution in [3.05, 3.63) is 22.4 Å². The van der Waals surface area contributed by atoms with Gasteiger partial charge in [0.05, 0.1) is 13.2 Å². The lowest BCUT2D eigenvalue weighted by atomic mass is 10.2. The van der Waals surface area contributed by atoms with Crippen LogP contribution in [0.15, 0.2) is 17.5 Å². The molecule has 104 valence electrons. The Morgan fingerprint density at radius 2 is 2.32 bits per heavy atom. The quantitative estimate of drug-likeness (QED) is 0.627. The van der Waals surface area contributed by atoms with Gasteiger partial charge in [0.2, 0.25) is 0 Å². The minimum atomic E-state index is -1.21. The van der Waals surface area contributed by atoms with E-state index in [1.54, 1.807) is 23.2 Å². The first-order chi connectivity index (χ1) is 9.13. The van der Waals surface area contributed by atoms with Crippen molar-refractivity contribution >= 4 is 23.2 Å². The largest absolute Gasteiger partial charge is 0.464 e. The lowest BCUT2D eigenvalue weighted by molar-refractivity contribution is -0.151. The van der Waals surface area contributed by atoms with Gasteiger partial charge in [-0.3, -0.25) is 4.79 Å². The topological polar surface area (TPSA) is 72.6 Å². The first-order valence-corrected chi connectivity index (χ1v) is 7.26. The number of rotatable bonds is 6. The third-order valence-corrected chi connectivity index (χ3v) is 3.84. The molecule has 6 heteroatoms.